The fourth-order valence-corrected chi connectivity index (χ4v) is 5.23. The lowest BCUT2D eigenvalue weighted by molar-refractivity contribution is -0.0212. The molecule has 0 aromatic heterocycles. The van der Waals surface area contributed by atoms with E-state index in [4.69, 9.17) is 4.74 Å². The molecule has 4 aliphatic carbocycles. The van der Waals surface area contributed by atoms with E-state index in [9.17, 15) is 0 Å². The van der Waals surface area contributed by atoms with E-state index in [2.05, 4.69) is 6.92 Å². The second-order valence-corrected chi connectivity index (χ2v) is 8.16. The minimum atomic E-state index is 0.494. The van der Waals surface area contributed by atoms with Crippen molar-refractivity contribution in [1.29, 1.82) is 0 Å². The topological polar surface area (TPSA) is 9.23 Å². The van der Waals surface area contributed by atoms with Gasteiger partial charge in [0, 0.05) is 6.61 Å². The van der Waals surface area contributed by atoms with E-state index in [1.165, 1.54) is 83.5 Å². The SMILES string of the molecule is CC(CC12CCC(CC1)CC2)OCCC1CCCCC1. The highest BCUT2D eigenvalue weighted by molar-refractivity contribution is 4.92. The first-order valence-corrected chi connectivity index (χ1v) is 9.37. The van der Waals surface area contributed by atoms with Crippen LogP contribution in [-0.4, -0.2) is 12.7 Å². The normalized spacial score (nSPS) is 36.1. The average molecular weight is 278 g/mol. The van der Waals surface area contributed by atoms with Crippen molar-refractivity contribution in [3.05, 3.63) is 0 Å². The first-order valence-electron chi connectivity index (χ1n) is 9.37. The molecular formula is C19H34O. The van der Waals surface area contributed by atoms with Crippen LogP contribution in [0.3, 0.4) is 0 Å². The van der Waals surface area contributed by atoms with Crippen molar-refractivity contribution < 1.29 is 4.74 Å². The highest BCUT2D eigenvalue weighted by atomic mass is 16.5. The second-order valence-electron chi connectivity index (χ2n) is 8.16. The van der Waals surface area contributed by atoms with Crippen molar-refractivity contribution >= 4 is 0 Å². The molecule has 0 aliphatic heterocycles. The Morgan fingerprint density at radius 1 is 0.950 bits per heavy atom. The van der Waals surface area contributed by atoms with E-state index >= 15 is 0 Å². The van der Waals surface area contributed by atoms with Crippen LogP contribution in [0.25, 0.3) is 0 Å². The minimum Gasteiger partial charge on any atom is -0.378 e. The first kappa shape index (κ1) is 14.9. The minimum absolute atomic E-state index is 0.494. The summed E-state index contributed by atoms with van der Waals surface area (Å²) in [7, 11) is 0. The van der Waals surface area contributed by atoms with Crippen LogP contribution < -0.4 is 0 Å². The molecule has 2 bridgehead atoms. The zero-order valence-electron chi connectivity index (χ0n) is 13.5. The van der Waals surface area contributed by atoms with Gasteiger partial charge in [-0.1, -0.05) is 32.1 Å². The molecule has 0 N–H and O–H groups in total. The van der Waals surface area contributed by atoms with Gasteiger partial charge in [0.05, 0.1) is 6.10 Å². The Bertz CT molecular complexity index is 270. The van der Waals surface area contributed by atoms with Gasteiger partial charge in [0.1, 0.15) is 0 Å². The number of ether oxygens (including phenoxy) is 1. The van der Waals surface area contributed by atoms with E-state index in [0.717, 1.165) is 18.4 Å². The summed E-state index contributed by atoms with van der Waals surface area (Å²) < 4.78 is 6.19. The predicted molar refractivity (Wildman–Crippen MR) is 84.8 cm³/mol. The zero-order chi connectivity index (χ0) is 13.8. The number of rotatable bonds is 6. The lowest BCUT2D eigenvalue weighted by atomic mass is 9.59. The van der Waals surface area contributed by atoms with Gasteiger partial charge < -0.3 is 4.74 Å². The number of hydrogen-bond donors (Lipinski definition) is 0. The van der Waals surface area contributed by atoms with Gasteiger partial charge in [-0.15, -0.1) is 0 Å². The summed E-state index contributed by atoms with van der Waals surface area (Å²) in [6, 6.07) is 0. The molecule has 0 saturated heterocycles. The van der Waals surface area contributed by atoms with Crippen molar-refractivity contribution in [1.82, 2.24) is 0 Å². The Labute approximate surface area is 125 Å². The summed E-state index contributed by atoms with van der Waals surface area (Å²) in [5.74, 6) is 2.05. The maximum atomic E-state index is 6.19. The molecule has 4 rings (SSSR count). The largest absolute Gasteiger partial charge is 0.378 e. The number of hydrogen-bond acceptors (Lipinski definition) is 1. The molecular weight excluding hydrogens is 244 g/mol. The third-order valence-corrected chi connectivity index (χ3v) is 6.62. The Kier molecular flexibility index (Phi) is 5.07. The van der Waals surface area contributed by atoms with E-state index in [1.807, 2.05) is 0 Å². The van der Waals surface area contributed by atoms with Gasteiger partial charge in [-0.25, -0.2) is 0 Å². The van der Waals surface area contributed by atoms with Crippen molar-refractivity contribution in [2.24, 2.45) is 17.3 Å². The molecule has 20 heavy (non-hydrogen) atoms. The summed E-state index contributed by atoms with van der Waals surface area (Å²) in [5.41, 5.74) is 0.680. The van der Waals surface area contributed by atoms with Crippen molar-refractivity contribution in [2.75, 3.05) is 6.61 Å². The third kappa shape index (κ3) is 3.78. The summed E-state index contributed by atoms with van der Waals surface area (Å²) in [6.45, 7) is 3.35. The van der Waals surface area contributed by atoms with Crippen LogP contribution in [0.2, 0.25) is 0 Å². The zero-order valence-corrected chi connectivity index (χ0v) is 13.5. The van der Waals surface area contributed by atoms with Gasteiger partial charge in [0.2, 0.25) is 0 Å². The van der Waals surface area contributed by atoms with Gasteiger partial charge in [-0.3, -0.25) is 0 Å². The van der Waals surface area contributed by atoms with E-state index in [-0.39, 0.29) is 0 Å². The van der Waals surface area contributed by atoms with Gasteiger partial charge in [0.25, 0.3) is 0 Å². The lowest BCUT2D eigenvalue weighted by Gasteiger charge is -2.47. The average Bonchev–Trinajstić information content (AvgIpc) is 2.50. The van der Waals surface area contributed by atoms with Crippen molar-refractivity contribution in [2.45, 2.75) is 96.5 Å². The van der Waals surface area contributed by atoms with Crippen LogP contribution in [0.15, 0.2) is 0 Å². The number of fused-ring (bicyclic) bond motifs is 3. The van der Waals surface area contributed by atoms with Gasteiger partial charge in [-0.05, 0) is 75.5 Å². The molecule has 0 heterocycles. The second kappa shape index (κ2) is 6.81. The monoisotopic (exact) mass is 278 g/mol. The molecule has 0 aromatic rings. The van der Waals surface area contributed by atoms with Crippen LogP contribution in [0, 0.1) is 17.3 Å². The van der Waals surface area contributed by atoms with Crippen molar-refractivity contribution in [3.63, 3.8) is 0 Å². The summed E-state index contributed by atoms with van der Waals surface area (Å²) in [5, 5.41) is 0. The van der Waals surface area contributed by atoms with E-state index in [1.54, 1.807) is 0 Å². The predicted octanol–water partition coefficient (Wildman–Crippen LogP) is 5.72. The Morgan fingerprint density at radius 2 is 1.60 bits per heavy atom. The summed E-state index contributed by atoms with van der Waals surface area (Å²) in [6.07, 6.45) is 19.5. The van der Waals surface area contributed by atoms with Crippen LogP contribution in [-0.2, 0) is 4.74 Å². The molecule has 1 nitrogen and oxygen atoms in total. The molecule has 4 fully saturated rings. The standard InChI is InChI=1S/C19H34O/c1-16(20-14-10-17-5-3-2-4-6-17)15-19-11-7-18(8-12-19)9-13-19/h16-18H,2-15H2,1H3. The van der Waals surface area contributed by atoms with Gasteiger partial charge in [0.15, 0.2) is 0 Å². The maximum Gasteiger partial charge on any atom is 0.0552 e. The van der Waals surface area contributed by atoms with E-state index in [0.29, 0.717) is 11.5 Å². The van der Waals surface area contributed by atoms with Gasteiger partial charge in [-0.2, -0.15) is 0 Å². The van der Waals surface area contributed by atoms with Crippen LogP contribution in [0.4, 0.5) is 0 Å². The van der Waals surface area contributed by atoms with Crippen LogP contribution in [0.5, 0.6) is 0 Å². The molecule has 1 unspecified atom stereocenters. The Morgan fingerprint density at radius 3 is 2.25 bits per heavy atom. The van der Waals surface area contributed by atoms with Crippen LogP contribution in [0.1, 0.15) is 90.4 Å². The first-order chi connectivity index (χ1) is 9.76. The maximum absolute atomic E-state index is 6.19. The Balaban J connectivity index is 1.35. The van der Waals surface area contributed by atoms with Crippen LogP contribution >= 0.6 is 0 Å². The molecule has 1 atom stereocenters. The molecule has 0 radical (unpaired) electrons. The molecule has 1 heteroatoms. The Hall–Kier alpha value is -0.0400. The highest BCUT2D eigenvalue weighted by Crippen LogP contribution is 2.52. The summed E-state index contributed by atoms with van der Waals surface area (Å²) in [4.78, 5) is 0. The molecule has 4 aliphatic rings. The molecule has 116 valence electrons. The quantitative estimate of drug-likeness (QED) is 0.603. The third-order valence-electron chi connectivity index (χ3n) is 6.62. The lowest BCUT2D eigenvalue weighted by Crippen LogP contribution is -2.36. The summed E-state index contributed by atoms with van der Waals surface area (Å²) >= 11 is 0. The van der Waals surface area contributed by atoms with Gasteiger partial charge >= 0.3 is 0 Å². The molecule has 4 saturated carbocycles. The fourth-order valence-electron chi connectivity index (χ4n) is 5.23. The molecule has 0 amide bonds. The van der Waals surface area contributed by atoms with E-state index < -0.39 is 0 Å². The molecule has 0 aromatic carbocycles. The molecule has 0 spiro atoms. The van der Waals surface area contributed by atoms with Crippen molar-refractivity contribution in [3.8, 4) is 0 Å². The fraction of sp³-hybridized carbons (Fsp3) is 1.00. The highest BCUT2D eigenvalue weighted by Gasteiger charge is 2.40. The smallest absolute Gasteiger partial charge is 0.0552 e.